The van der Waals surface area contributed by atoms with Gasteiger partial charge in [-0.3, -0.25) is 0 Å². The number of carboxylic acids is 1. The number of nitrogens with zero attached hydrogens (tertiary/aromatic N) is 1. The molecule has 0 spiro atoms. The lowest BCUT2D eigenvalue weighted by atomic mass is 10.1. The normalized spacial score (nSPS) is 10.4. The van der Waals surface area contributed by atoms with Crippen LogP contribution in [0.3, 0.4) is 0 Å². The molecule has 0 amide bonds. The van der Waals surface area contributed by atoms with Crippen LogP contribution in [0, 0.1) is 0 Å². The van der Waals surface area contributed by atoms with E-state index in [-0.39, 0.29) is 5.56 Å². The van der Waals surface area contributed by atoms with Crippen LogP contribution in [0.25, 0.3) is 0 Å². The molecule has 0 aliphatic heterocycles. The Labute approximate surface area is 141 Å². The lowest BCUT2D eigenvalue weighted by Crippen LogP contribution is -2.21. The van der Waals surface area contributed by atoms with Crippen LogP contribution in [0.4, 0.5) is 11.4 Å². The molecular weight excluding hydrogens is 312 g/mol. The lowest BCUT2D eigenvalue weighted by molar-refractivity contribution is 0.0697. The molecule has 0 atom stereocenters. The largest absolute Gasteiger partial charge is 0.478 e. The van der Waals surface area contributed by atoms with E-state index in [0.717, 1.165) is 18.7 Å². The molecule has 0 bridgehead atoms. The Morgan fingerprint density at radius 1 is 1.13 bits per heavy atom. The van der Waals surface area contributed by atoms with Crippen molar-refractivity contribution in [2.45, 2.75) is 20.4 Å². The Hall–Kier alpha value is -2.20. The van der Waals surface area contributed by atoms with Crippen LogP contribution in [0.15, 0.2) is 42.5 Å². The van der Waals surface area contributed by atoms with Gasteiger partial charge in [-0.1, -0.05) is 23.7 Å². The van der Waals surface area contributed by atoms with Crippen molar-refractivity contribution >= 4 is 28.9 Å². The van der Waals surface area contributed by atoms with Crippen molar-refractivity contribution in [2.24, 2.45) is 0 Å². The zero-order valence-electron chi connectivity index (χ0n) is 13.3. The molecule has 0 aliphatic carbocycles. The minimum absolute atomic E-state index is 0.216. The first-order valence-corrected chi connectivity index (χ1v) is 8.03. The summed E-state index contributed by atoms with van der Waals surface area (Å²) >= 11 is 6.11. The number of hydrogen-bond donors (Lipinski definition) is 2. The van der Waals surface area contributed by atoms with Crippen molar-refractivity contribution in [2.75, 3.05) is 23.3 Å². The Kier molecular flexibility index (Phi) is 5.88. The molecule has 0 fully saturated rings. The molecule has 5 heteroatoms. The molecule has 23 heavy (non-hydrogen) atoms. The van der Waals surface area contributed by atoms with E-state index < -0.39 is 5.97 Å². The first kappa shape index (κ1) is 17.2. The molecule has 4 nitrogen and oxygen atoms in total. The van der Waals surface area contributed by atoms with E-state index in [1.807, 2.05) is 0 Å². The van der Waals surface area contributed by atoms with E-state index in [2.05, 4.69) is 48.3 Å². The molecule has 0 saturated carbocycles. The monoisotopic (exact) mass is 332 g/mol. The second-order valence-electron chi connectivity index (χ2n) is 5.19. The maximum Gasteiger partial charge on any atom is 0.335 e. The fourth-order valence-electron chi connectivity index (χ4n) is 2.40. The highest BCUT2D eigenvalue weighted by Crippen LogP contribution is 2.24. The van der Waals surface area contributed by atoms with Crippen molar-refractivity contribution in [3.8, 4) is 0 Å². The van der Waals surface area contributed by atoms with Gasteiger partial charge in [0.05, 0.1) is 16.3 Å². The molecule has 0 heterocycles. The molecule has 2 rings (SSSR count). The van der Waals surface area contributed by atoms with Gasteiger partial charge >= 0.3 is 5.97 Å². The number of carboxylic acid groups (broad SMARTS) is 1. The van der Waals surface area contributed by atoms with Gasteiger partial charge in [0.15, 0.2) is 0 Å². The fraction of sp³-hybridized carbons (Fsp3) is 0.278. The molecule has 122 valence electrons. The summed E-state index contributed by atoms with van der Waals surface area (Å²) in [6.45, 7) is 6.81. The highest BCUT2D eigenvalue weighted by atomic mass is 35.5. The van der Waals surface area contributed by atoms with E-state index in [1.165, 1.54) is 11.8 Å². The van der Waals surface area contributed by atoms with Crippen LogP contribution in [-0.4, -0.2) is 24.2 Å². The minimum atomic E-state index is -0.965. The third kappa shape index (κ3) is 4.39. The topological polar surface area (TPSA) is 52.6 Å². The van der Waals surface area contributed by atoms with Crippen molar-refractivity contribution in [1.29, 1.82) is 0 Å². The van der Waals surface area contributed by atoms with Crippen LogP contribution in [0.2, 0.25) is 5.02 Å². The van der Waals surface area contributed by atoms with E-state index in [9.17, 15) is 4.79 Å². The molecular formula is C18H21ClN2O2. The van der Waals surface area contributed by atoms with Gasteiger partial charge in [-0.05, 0) is 49.7 Å². The zero-order valence-corrected chi connectivity index (χ0v) is 14.1. The number of anilines is 2. The number of nitrogens with one attached hydrogen (secondary N) is 1. The number of aromatic carboxylic acids is 1. The highest BCUT2D eigenvalue weighted by Gasteiger charge is 2.07. The van der Waals surface area contributed by atoms with E-state index in [1.54, 1.807) is 12.1 Å². The van der Waals surface area contributed by atoms with E-state index in [0.29, 0.717) is 17.3 Å². The van der Waals surface area contributed by atoms with E-state index in [4.69, 9.17) is 16.7 Å². The number of carbonyl (C=O) groups is 1. The number of halogens is 1. The summed E-state index contributed by atoms with van der Waals surface area (Å²) in [5, 5.41) is 12.7. The third-order valence-electron chi connectivity index (χ3n) is 3.76. The number of rotatable bonds is 7. The lowest BCUT2D eigenvalue weighted by Gasteiger charge is -2.21. The standard InChI is InChI=1S/C18H21ClN2O2/c1-3-21(4-2)15-8-5-13(6-9-15)12-20-17-11-14(18(22)23)7-10-16(17)19/h5-11,20H,3-4,12H2,1-2H3,(H,22,23). The molecule has 2 N–H and O–H groups in total. The van der Waals surface area contributed by atoms with Crippen LogP contribution in [0.5, 0.6) is 0 Å². The Morgan fingerprint density at radius 2 is 1.78 bits per heavy atom. The summed E-state index contributed by atoms with van der Waals surface area (Å²) in [5.74, 6) is -0.965. The highest BCUT2D eigenvalue weighted by molar-refractivity contribution is 6.33. The number of hydrogen-bond acceptors (Lipinski definition) is 3. The molecule has 0 saturated heterocycles. The van der Waals surface area contributed by atoms with E-state index >= 15 is 0 Å². The predicted octanol–water partition coefficient (Wildman–Crippen LogP) is 4.50. The second-order valence-corrected chi connectivity index (χ2v) is 5.60. The Bertz CT molecular complexity index is 667. The molecule has 0 aliphatic rings. The minimum Gasteiger partial charge on any atom is -0.478 e. The van der Waals surface area contributed by atoms with Crippen LogP contribution >= 0.6 is 11.6 Å². The molecule has 0 unspecified atom stereocenters. The number of benzene rings is 2. The molecule has 2 aromatic rings. The van der Waals surface area contributed by atoms with Crippen LogP contribution < -0.4 is 10.2 Å². The molecule has 0 radical (unpaired) electrons. The van der Waals surface area contributed by atoms with Gasteiger partial charge in [-0.15, -0.1) is 0 Å². The van der Waals surface area contributed by atoms with Gasteiger partial charge in [0, 0.05) is 25.3 Å². The first-order valence-electron chi connectivity index (χ1n) is 7.65. The van der Waals surface area contributed by atoms with Crippen LogP contribution in [-0.2, 0) is 6.54 Å². The van der Waals surface area contributed by atoms with Gasteiger partial charge in [-0.2, -0.15) is 0 Å². The van der Waals surface area contributed by atoms with Crippen molar-refractivity contribution in [3.05, 3.63) is 58.6 Å². The summed E-state index contributed by atoms with van der Waals surface area (Å²) in [7, 11) is 0. The van der Waals surface area contributed by atoms with Crippen molar-refractivity contribution < 1.29 is 9.90 Å². The van der Waals surface area contributed by atoms with Gasteiger partial charge in [0.25, 0.3) is 0 Å². The maximum absolute atomic E-state index is 11.0. The molecule has 2 aromatic carbocycles. The van der Waals surface area contributed by atoms with Gasteiger partial charge in [0.1, 0.15) is 0 Å². The molecule has 0 aromatic heterocycles. The predicted molar refractivity (Wildman–Crippen MR) is 95.7 cm³/mol. The Balaban J connectivity index is 2.06. The summed E-state index contributed by atoms with van der Waals surface area (Å²) in [6.07, 6.45) is 0. The zero-order chi connectivity index (χ0) is 16.8. The third-order valence-corrected chi connectivity index (χ3v) is 4.09. The average Bonchev–Trinajstić information content (AvgIpc) is 2.56. The van der Waals surface area contributed by atoms with Crippen molar-refractivity contribution in [1.82, 2.24) is 0 Å². The second kappa shape index (κ2) is 7.88. The smallest absolute Gasteiger partial charge is 0.335 e. The van der Waals surface area contributed by atoms with Gasteiger partial charge < -0.3 is 15.3 Å². The summed E-state index contributed by atoms with van der Waals surface area (Å²) in [5.41, 5.74) is 3.15. The van der Waals surface area contributed by atoms with Gasteiger partial charge in [0.2, 0.25) is 0 Å². The van der Waals surface area contributed by atoms with Gasteiger partial charge in [-0.25, -0.2) is 4.79 Å². The van der Waals surface area contributed by atoms with Crippen LogP contribution in [0.1, 0.15) is 29.8 Å². The average molecular weight is 333 g/mol. The quantitative estimate of drug-likeness (QED) is 0.784. The summed E-state index contributed by atoms with van der Waals surface area (Å²) < 4.78 is 0. The summed E-state index contributed by atoms with van der Waals surface area (Å²) in [6, 6.07) is 13.0. The Morgan fingerprint density at radius 3 is 2.35 bits per heavy atom. The SMILES string of the molecule is CCN(CC)c1ccc(CNc2cc(C(=O)O)ccc2Cl)cc1. The fourth-order valence-corrected chi connectivity index (χ4v) is 2.59. The first-order chi connectivity index (χ1) is 11.0. The van der Waals surface area contributed by atoms with Crippen molar-refractivity contribution in [3.63, 3.8) is 0 Å². The maximum atomic E-state index is 11.0. The summed E-state index contributed by atoms with van der Waals surface area (Å²) in [4.78, 5) is 13.3.